The molecule has 0 unspecified atom stereocenters. The van der Waals surface area contributed by atoms with Gasteiger partial charge in [-0.2, -0.15) is 0 Å². The van der Waals surface area contributed by atoms with E-state index in [1.807, 2.05) is 6.92 Å². The van der Waals surface area contributed by atoms with E-state index in [0.29, 0.717) is 17.0 Å². The number of fused-ring (bicyclic) bond motifs is 1. The maximum Gasteiger partial charge on any atom is 0.185 e. The third-order valence-corrected chi connectivity index (χ3v) is 3.85. The van der Waals surface area contributed by atoms with E-state index in [0.717, 1.165) is 11.3 Å². The SMILES string of the molecule is CCc1c(Cl)c(Cl)c(Cl)c2c1NCC2=O. The van der Waals surface area contributed by atoms with Crippen LogP contribution in [0.2, 0.25) is 15.1 Å². The molecule has 1 heterocycles. The van der Waals surface area contributed by atoms with Crippen molar-refractivity contribution in [1.29, 1.82) is 0 Å². The van der Waals surface area contributed by atoms with Crippen LogP contribution in [0.1, 0.15) is 22.8 Å². The number of hydrogen-bond acceptors (Lipinski definition) is 2. The molecule has 15 heavy (non-hydrogen) atoms. The largest absolute Gasteiger partial charge is 0.377 e. The van der Waals surface area contributed by atoms with Crippen LogP contribution in [-0.4, -0.2) is 12.3 Å². The summed E-state index contributed by atoms with van der Waals surface area (Å²) in [6.07, 6.45) is 0.707. The molecule has 0 fully saturated rings. The number of nitrogens with one attached hydrogen (secondary N) is 1. The van der Waals surface area contributed by atoms with Crippen molar-refractivity contribution in [3.05, 3.63) is 26.2 Å². The van der Waals surface area contributed by atoms with E-state index in [1.54, 1.807) is 0 Å². The topological polar surface area (TPSA) is 29.1 Å². The monoisotopic (exact) mass is 263 g/mol. The average Bonchev–Trinajstić information content (AvgIpc) is 2.58. The second-order valence-electron chi connectivity index (χ2n) is 3.30. The Bertz CT molecular complexity index is 457. The third kappa shape index (κ3) is 1.52. The predicted molar refractivity (Wildman–Crippen MR) is 63.7 cm³/mol. The van der Waals surface area contributed by atoms with Crippen LogP contribution in [0.3, 0.4) is 0 Å². The lowest BCUT2D eigenvalue weighted by Crippen LogP contribution is -2.01. The Hall–Kier alpha value is -0.440. The number of anilines is 1. The van der Waals surface area contributed by atoms with Crippen molar-refractivity contribution in [2.45, 2.75) is 13.3 Å². The Morgan fingerprint density at radius 2 is 1.87 bits per heavy atom. The van der Waals surface area contributed by atoms with E-state index >= 15 is 0 Å². The molecule has 0 aromatic heterocycles. The fourth-order valence-corrected chi connectivity index (χ4v) is 2.63. The quantitative estimate of drug-likeness (QED) is 0.781. The van der Waals surface area contributed by atoms with Crippen molar-refractivity contribution < 1.29 is 4.79 Å². The summed E-state index contributed by atoms with van der Waals surface area (Å²) in [4.78, 5) is 11.6. The number of Topliss-reactive ketones (excluding diaryl/α,β-unsaturated/α-hetero) is 1. The van der Waals surface area contributed by atoms with Crippen LogP contribution in [0, 0.1) is 0 Å². The summed E-state index contributed by atoms with van der Waals surface area (Å²) in [5, 5.41) is 3.96. The molecule has 0 saturated heterocycles. The van der Waals surface area contributed by atoms with Gasteiger partial charge in [0.15, 0.2) is 5.78 Å². The van der Waals surface area contributed by atoms with E-state index in [4.69, 9.17) is 34.8 Å². The maximum atomic E-state index is 11.6. The second kappa shape index (κ2) is 3.85. The molecule has 2 nitrogen and oxygen atoms in total. The van der Waals surface area contributed by atoms with Gasteiger partial charge in [-0.25, -0.2) is 0 Å². The van der Waals surface area contributed by atoms with E-state index in [2.05, 4.69) is 5.32 Å². The summed E-state index contributed by atoms with van der Waals surface area (Å²) < 4.78 is 0. The Kier molecular flexibility index (Phi) is 2.84. The minimum absolute atomic E-state index is 0.0386. The van der Waals surface area contributed by atoms with Gasteiger partial charge in [0, 0.05) is 0 Å². The molecule has 0 bridgehead atoms. The lowest BCUT2D eigenvalue weighted by atomic mass is 10.0. The van der Waals surface area contributed by atoms with Gasteiger partial charge in [-0.1, -0.05) is 41.7 Å². The van der Waals surface area contributed by atoms with Gasteiger partial charge >= 0.3 is 0 Å². The van der Waals surface area contributed by atoms with Crippen molar-refractivity contribution in [3.8, 4) is 0 Å². The molecule has 2 rings (SSSR count). The first kappa shape index (κ1) is 11.1. The van der Waals surface area contributed by atoms with Crippen molar-refractivity contribution in [2.24, 2.45) is 0 Å². The minimum atomic E-state index is -0.0386. The smallest absolute Gasteiger partial charge is 0.185 e. The lowest BCUT2D eigenvalue weighted by Gasteiger charge is -2.12. The Morgan fingerprint density at radius 3 is 2.47 bits per heavy atom. The molecule has 1 aliphatic rings. The summed E-state index contributed by atoms with van der Waals surface area (Å²) in [6, 6.07) is 0. The zero-order valence-corrected chi connectivity index (χ0v) is 10.2. The zero-order valence-electron chi connectivity index (χ0n) is 7.96. The van der Waals surface area contributed by atoms with Gasteiger partial charge < -0.3 is 5.32 Å². The molecule has 0 amide bonds. The highest BCUT2D eigenvalue weighted by atomic mass is 35.5. The van der Waals surface area contributed by atoms with Crippen LogP contribution in [0.15, 0.2) is 0 Å². The van der Waals surface area contributed by atoms with Gasteiger partial charge in [0.05, 0.1) is 32.9 Å². The van der Waals surface area contributed by atoms with E-state index in [1.165, 1.54) is 0 Å². The number of carbonyl (C=O) groups excluding carboxylic acids is 1. The van der Waals surface area contributed by atoms with Crippen LogP contribution >= 0.6 is 34.8 Å². The van der Waals surface area contributed by atoms with Gasteiger partial charge in [0.1, 0.15) is 0 Å². The van der Waals surface area contributed by atoms with Crippen LogP contribution in [0.4, 0.5) is 5.69 Å². The Balaban J connectivity index is 2.81. The van der Waals surface area contributed by atoms with Gasteiger partial charge in [-0.05, 0) is 12.0 Å². The van der Waals surface area contributed by atoms with Crippen LogP contribution in [0.25, 0.3) is 0 Å². The number of halogens is 3. The molecule has 1 N–H and O–H groups in total. The Morgan fingerprint density at radius 1 is 1.20 bits per heavy atom. The number of hydrogen-bond donors (Lipinski definition) is 1. The zero-order chi connectivity index (χ0) is 11.2. The molecule has 1 aromatic rings. The highest BCUT2D eigenvalue weighted by molar-refractivity contribution is 6.50. The van der Waals surface area contributed by atoms with Gasteiger partial charge in [-0.3, -0.25) is 4.79 Å². The molecule has 5 heteroatoms. The van der Waals surface area contributed by atoms with Gasteiger partial charge in [-0.15, -0.1) is 0 Å². The van der Waals surface area contributed by atoms with Crippen molar-refractivity contribution in [3.63, 3.8) is 0 Å². The van der Waals surface area contributed by atoms with Gasteiger partial charge in [0.2, 0.25) is 0 Å². The number of carbonyl (C=O) groups is 1. The third-order valence-electron chi connectivity index (χ3n) is 2.48. The molecular formula is C10H8Cl3NO. The highest BCUT2D eigenvalue weighted by Gasteiger charge is 2.28. The predicted octanol–water partition coefficient (Wildman–Crippen LogP) is 3.82. The second-order valence-corrected chi connectivity index (χ2v) is 4.43. The normalized spacial score (nSPS) is 14.0. The molecule has 80 valence electrons. The summed E-state index contributed by atoms with van der Waals surface area (Å²) in [6.45, 7) is 2.22. The summed E-state index contributed by atoms with van der Waals surface area (Å²) in [7, 11) is 0. The first-order valence-corrected chi connectivity index (χ1v) is 5.67. The first-order valence-electron chi connectivity index (χ1n) is 4.54. The first-order chi connectivity index (χ1) is 7.07. The molecule has 0 aliphatic carbocycles. The van der Waals surface area contributed by atoms with Crippen LogP contribution < -0.4 is 5.32 Å². The molecule has 0 saturated carbocycles. The molecule has 1 aromatic carbocycles. The maximum absolute atomic E-state index is 11.6. The fourth-order valence-electron chi connectivity index (χ4n) is 1.75. The number of benzene rings is 1. The van der Waals surface area contributed by atoms with Gasteiger partial charge in [0.25, 0.3) is 0 Å². The summed E-state index contributed by atoms with van der Waals surface area (Å²) in [5.41, 5.74) is 2.07. The highest BCUT2D eigenvalue weighted by Crippen LogP contribution is 2.43. The lowest BCUT2D eigenvalue weighted by molar-refractivity contribution is 0.101. The summed E-state index contributed by atoms with van der Waals surface area (Å²) in [5.74, 6) is -0.0386. The standard InChI is InChI=1S/C10H8Cl3NO/c1-2-4-7(11)9(13)8(12)6-5(15)3-14-10(4)6/h14H,2-3H2,1H3. The van der Waals surface area contributed by atoms with Crippen LogP contribution in [-0.2, 0) is 6.42 Å². The fraction of sp³-hybridized carbons (Fsp3) is 0.300. The number of rotatable bonds is 1. The molecular weight excluding hydrogens is 256 g/mol. The van der Waals surface area contributed by atoms with E-state index in [9.17, 15) is 4.79 Å². The molecule has 1 aliphatic heterocycles. The van der Waals surface area contributed by atoms with E-state index < -0.39 is 0 Å². The number of ketones is 1. The van der Waals surface area contributed by atoms with E-state index in [-0.39, 0.29) is 22.4 Å². The van der Waals surface area contributed by atoms with Crippen molar-refractivity contribution in [2.75, 3.05) is 11.9 Å². The van der Waals surface area contributed by atoms with Crippen molar-refractivity contribution in [1.82, 2.24) is 0 Å². The minimum Gasteiger partial charge on any atom is -0.377 e. The molecule has 0 radical (unpaired) electrons. The summed E-state index contributed by atoms with van der Waals surface area (Å²) >= 11 is 18.0. The Labute approximate surface area is 103 Å². The molecule has 0 atom stereocenters. The molecule has 0 spiro atoms. The van der Waals surface area contributed by atoms with Crippen molar-refractivity contribution >= 4 is 46.3 Å². The van der Waals surface area contributed by atoms with Crippen LogP contribution in [0.5, 0.6) is 0 Å². The average molecular weight is 265 g/mol.